The zero-order chi connectivity index (χ0) is 22.6. The molecule has 1 aromatic heterocycles. The number of hydrogen-bond acceptors (Lipinski definition) is 3. The van der Waals surface area contributed by atoms with Crippen molar-refractivity contribution in [2.75, 3.05) is 26.2 Å². The molecule has 0 unspecified atom stereocenters. The second-order valence-corrected chi connectivity index (χ2v) is 8.95. The number of hydrogen-bond donors (Lipinski definition) is 2. The molecular weight excluding hydrogens is 409 g/mol. The zero-order valence-corrected chi connectivity index (χ0v) is 18.2. The Morgan fingerprint density at radius 1 is 0.938 bits per heavy atom. The lowest BCUT2D eigenvalue weighted by molar-refractivity contribution is -0.143. The average molecular weight is 435 g/mol. The quantitative estimate of drug-likeness (QED) is 0.662. The molecule has 0 spiro atoms. The van der Waals surface area contributed by atoms with Gasteiger partial charge < -0.3 is 19.9 Å². The number of rotatable bonds is 3. The lowest BCUT2D eigenvalue weighted by Gasteiger charge is -2.35. The fraction of sp³-hybridized carbons (Fsp3) is 0.360. The molecule has 6 nitrogen and oxygen atoms in total. The van der Waals surface area contributed by atoms with Crippen molar-refractivity contribution in [2.45, 2.75) is 32.3 Å². The summed E-state index contributed by atoms with van der Waals surface area (Å²) in [5.74, 6) is -0.935. The number of aromatic nitrogens is 1. The van der Waals surface area contributed by atoms with E-state index in [0.29, 0.717) is 50.1 Å². The molecule has 1 aliphatic heterocycles. The number of H-pyrrole nitrogens is 1. The van der Waals surface area contributed by atoms with E-state index in [2.05, 4.69) is 4.98 Å². The van der Waals surface area contributed by atoms with Crippen LogP contribution in [0.3, 0.4) is 0 Å². The molecule has 1 aliphatic carbocycles. The Labute approximate surface area is 185 Å². The van der Waals surface area contributed by atoms with Crippen molar-refractivity contribution in [3.8, 4) is 11.1 Å². The van der Waals surface area contributed by atoms with Gasteiger partial charge in [0.15, 0.2) is 0 Å². The summed E-state index contributed by atoms with van der Waals surface area (Å²) in [5, 5.41) is 12.2. The van der Waals surface area contributed by atoms with Crippen molar-refractivity contribution in [1.82, 2.24) is 14.8 Å². The Bertz CT molecular complexity index is 1240. The third-order valence-electron chi connectivity index (χ3n) is 6.71. The van der Waals surface area contributed by atoms with Gasteiger partial charge in [-0.25, -0.2) is 4.39 Å². The van der Waals surface area contributed by atoms with Crippen LogP contribution in [0.25, 0.3) is 21.9 Å². The smallest absolute Gasteiger partial charge is 0.254 e. The van der Waals surface area contributed by atoms with Gasteiger partial charge in [-0.3, -0.25) is 9.59 Å². The molecule has 2 aromatic carbocycles. The number of aryl methyl sites for hydroxylation is 2. The van der Waals surface area contributed by atoms with E-state index in [1.54, 1.807) is 21.9 Å². The summed E-state index contributed by atoms with van der Waals surface area (Å²) in [4.78, 5) is 31.7. The highest BCUT2D eigenvalue weighted by molar-refractivity contribution is 5.96. The molecule has 5 rings (SSSR count). The molecule has 2 heterocycles. The fourth-order valence-electron chi connectivity index (χ4n) is 4.57. The van der Waals surface area contributed by atoms with Gasteiger partial charge in [-0.1, -0.05) is 18.2 Å². The average Bonchev–Trinajstić information content (AvgIpc) is 3.49. The predicted octanol–water partition coefficient (Wildman–Crippen LogP) is 3.40. The first-order valence-corrected chi connectivity index (χ1v) is 11.0. The largest absolute Gasteiger partial charge is 0.380 e. The Morgan fingerprint density at radius 3 is 2.25 bits per heavy atom. The number of fused-ring (bicyclic) bond motifs is 1. The molecule has 2 aliphatic rings. The normalized spacial score (nSPS) is 17.6. The van der Waals surface area contributed by atoms with Gasteiger partial charge in [0.2, 0.25) is 0 Å². The van der Waals surface area contributed by atoms with E-state index in [9.17, 15) is 14.7 Å². The number of aliphatic hydroxyl groups is 1. The summed E-state index contributed by atoms with van der Waals surface area (Å²) in [6, 6.07) is 10.5. The number of piperazine rings is 1. The van der Waals surface area contributed by atoms with Crippen LogP contribution in [0, 0.1) is 19.7 Å². The van der Waals surface area contributed by atoms with Crippen LogP contribution in [0.4, 0.5) is 4.39 Å². The van der Waals surface area contributed by atoms with Crippen molar-refractivity contribution in [2.24, 2.45) is 0 Å². The van der Waals surface area contributed by atoms with Gasteiger partial charge in [0.1, 0.15) is 11.4 Å². The first-order valence-electron chi connectivity index (χ1n) is 11.0. The van der Waals surface area contributed by atoms with Crippen LogP contribution in [0.15, 0.2) is 36.4 Å². The highest BCUT2D eigenvalue weighted by atomic mass is 19.1. The molecule has 2 fully saturated rings. The standard InChI is InChI=1S/C25H26FN3O3/c1-15-19-5-3-17(13-21(19)16(2)27-15)20-6-4-18(14-22(20)26)23(30)28-9-11-29(12-10-28)24(31)25(32)7-8-25/h3-6,13-14,27,32H,7-12H2,1-2H3. The van der Waals surface area contributed by atoms with Crippen LogP contribution < -0.4 is 0 Å². The molecule has 3 aromatic rings. The molecule has 2 amide bonds. The maximum absolute atomic E-state index is 15.0. The second kappa shape index (κ2) is 7.45. The van der Waals surface area contributed by atoms with Gasteiger partial charge in [0.25, 0.3) is 11.8 Å². The second-order valence-electron chi connectivity index (χ2n) is 8.95. The molecule has 1 saturated carbocycles. The minimum Gasteiger partial charge on any atom is -0.380 e. The summed E-state index contributed by atoms with van der Waals surface area (Å²) in [6.07, 6.45) is 1.01. The van der Waals surface area contributed by atoms with Crippen LogP contribution in [-0.2, 0) is 4.79 Å². The molecule has 0 atom stereocenters. The SMILES string of the molecule is Cc1[nH]c(C)c2cc(-c3ccc(C(=O)N4CCN(C(=O)C5(O)CC5)CC4)cc3F)ccc12. The lowest BCUT2D eigenvalue weighted by atomic mass is 9.99. The Hall–Kier alpha value is -3.19. The van der Waals surface area contributed by atoms with Gasteiger partial charge in [-0.2, -0.15) is 0 Å². The maximum atomic E-state index is 15.0. The zero-order valence-electron chi connectivity index (χ0n) is 18.2. The Balaban J connectivity index is 1.32. The first kappa shape index (κ1) is 20.7. The van der Waals surface area contributed by atoms with E-state index in [0.717, 1.165) is 27.7 Å². The van der Waals surface area contributed by atoms with E-state index in [1.807, 2.05) is 32.0 Å². The molecule has 32 heavy (non-hydrogen) atoms. The Kier molecular flexibility index (Phi) is 4.82. The fourth-order valence-corrected chi connectivity index (χ4v) is 4.57. The molecule has 1 saturated heterocycles. The minimum absolute atomic E-state index is 0.246. The van der Waals surface area contributed by atoms with Crippen LogP contribution in [0.1, 0.15) is 34.6 Å². The minimum atomic E-state index is -1.19. The number of benzene rings is 2. The van der Waals surface area contributed by atoms with Crippen molar-refractivity contribution in [3.05, 3.63) is 59.2 Å². The number of carbonyl (C=O) groups excluding carboxylic acids is 2. The third-order valence-corrected chi connectivity index (χ3v) is 6.71. The molecule has 0 radical (unpaired) electrons. The van der Waals surface area contributed by atoms with Crippen molar-refractivity contribution < 1.29 is 19.1 Å². The van der Waals surface area contributed by atoms with Crippen molar-refractivity contribution in [1.29, 1.82) is 0 Å². The molecule has 166 valence electrons. The van der Waals surface area contributed by atoms with Crippen LogP contribution >= 0.6 is 0 Å². The summed E-state index contributed by atoms with van der Waals surface area (Å²) in [7, 11) is 0. The molecule has 2 N–H and O–H groups in total. The summed E-state index contributed by atoms with van der Waals surface area (Å²) in [5.41, 5.74) is 2.44. The van der Waals surface area contributed by atoms with Crippen LogP contribution in [0.2, 0.25) is 0 Å². The van der Waals surface area contributed by atoms with E-state index in [4.69, 9.17) is 0 Å². The lowest BCUT2D eigenvalue weighted by Crippen LogP contribution is -2.53. The molecule has 0 bridgehead atoms. The summed E-state index contributed by atoms with van der Waals surface area (Å²) >= 11 is 0. The first-order chi connectivity index (χ1) is 15.3. The van der Waals surface area contributed by atoms with E-state index < -0.39 is 11.4 Å². The van der Waals surface area contributed by atoms with Crippen molar-refractivity contribution >= 4 is 22.6 Å². The third kappa shape index (κ3) is 3.46. The van der Waals surface area contributed by atoms with E-state index in [-0.39, 0.29) is 11.8 Å². The monoisotopic (exact) mass is 435 g/mol. The van der Waals surface area contributed by atoms with Crippen LogP contribution in [-0.4, -0.2) is 63.5 Å². The van der Waals surface area contributed by atoms with Gasteiger partial charge in [0, 0.05) is 59.5 Å². The van der Waals surface area contributed by atoms with Gasteiger partial charge in [0.05, 0.1) is 0 Å². The van der Waals surface area contributed by atoms with Crippen LogP contribution in [0.5, 0.6) is 0 Å². The maximum Gasteiger partial charge on any atom is 0.254 e. The highest BCUT2D eigenvalue weighted by Crippen LogP contribution is 2.37. The number of nitrogens with one attached hydrogen (secondary N) is 1. The molecular formula is C25H26FN3O3. The topological polar surface area (TPSA) is 76.6 Å². The number of halogens is 1. The van der Waals surface area contributed by atoms with Gasteiger partial charge in [-0.15, -0.1) is 0 Å². The van der Waals surface area contributed by atoms with E-state index in [1.165, 1.54) is 6.07 Å². The Morgan fingerprint density at radius 2 is 1.59 bits per heavy atom. The number of amides is 2. The number of nitrogens with zero attached hydrogens (tertiary/aromatic N) is 2. The number of aromatic amines is 1. The van der Waals surface area contributed by atoms with Gasteiger partial charge in [-0.05, 0) is 50.5 Å². The van der Waals surface area contributed by atoms with Gasteiger partial charge >= 0.3 is 0 Å². The summed E-state index contributed by atoms with van der Waals surface area (Å²) < 4.78 is 15.0. The highest BCUT2D eigenvalue weighted by Gasteiger charge is 2.50. The van der Waals surface area contributed by atoms with Crippen molar-refractivity contribution in [3.63, 3.8) is 0 Å². The molecule has 7 heteroatoms. The number of carbonyl (C=O) groups is 2. The predicted molar refractivity (Wildman–Crippen MR) is 120 cm³/mol. The van der Waals surface area contributed by atoms with E-state index >= 15 is 4.39 Å². The summed E-state index contributed by atoms with van der Waals surface area (Å²) in [6.45, 7) is 5.50.